The molecule has 0 spiro atoms. The van der Waals surface area contributed by atoms with Crippen LogP contribution in [0.1, 0.15) is 17.2 Å². The molecule has 0 bridgehead atoms. The highest BCUT2D eigenvalue weighted by Crippen LogP contribution is 2.45. The molecular weight excluding hydrogens is 394 g/mol. The van der Waals surface area contributed by atoms with E-state index < -0.39 is 28.4 Å². The summed E-state index contributed by atoms with van der Waals surface area (Å²) in [6.07, 6.45) is 1.47. The first-order chi connectivity index (χ1) is 14.0. The summed E-state index contributed by atoms with van der Waals surface area (Å²) in [6.45, 7) is 0. The van der Waals surface area contributed by atoms with Crippen LogP contribution < -0.4 is 4.90 Å². The number of nitro groups is 1. The van der Waals surface area contributed by atoms with E-state index in [0.29, 0.717) is 5.56 Å². The molecule has 8 nitrogen and oxygen atoms in total. The van der Waals surface area contributed by atoms with Gasteiger partial charge in [-0.25, -0.2) is 4.98 Å². The van der Waals surface area contributed by atoms with Crippen molar-refractivity contribution in [1.82, 2.24) is 4.98 Å². The summed E-state index contributed by atoms with van der Waals surface area (Å²) in [5.41, 5.74) is -0.0387. The summed E-state index contributed by atoms with van der Waals surface area (Å²) >= 11 is 1.12. The minimum Gasteiger partial charge on any atom is -0.507 e. The number of rotatable bonds is 4. The van der Waals surface area contributed by atoms with Crippen LogP contribution in [0.25, 0.3) is 5.76 Å². The molecule has 1 aliphatic heterocycles. The van der Waals surface area contributed by atoms with Crippen molar-refractivity contribution >= 4 is 39.6 Å². The lowest BCUT2D eigenvalue weighted by Crippen LogP contribution is -2.29. The molecular formula is C20H13N3O5S. The Kier molecular flexibility index (Phi) is 4.65. The number of amides is 1. The number of anilines is 1. The fraction of sp³-hybridized carbons (Fsp3) is 0.0500. The van der Waals surface area contributed by atoms with Crippen molar-refractivity contribution in [3.63, 3.8) is 0 Å². The average molecular weight is 407 g/mol. The van der Waals surface area contributed by atoms with Gasteiger partial charge in [-0.1, -0.05) is 42.5 Å². The number of thiazole rings is 1. The van der Waals surface area contributed by atoms with Gasteiger partial charge in [0.15, 0.2) is 5.13 Å². The van der Waals surface area contributed by atoms with Crippen LogP contribution in [-0.2, 0) is 9.59 Å². The molecule has 1 atom stereocenters. The maximum atomic E-state index is 12.9. The predicted octanol–water partition coefficient (Wildman–Crippen LogP) is 3.68. The Labute approximate surface area is 168 Å². The van der Waals surface area contributed by atoms with Crippen LogP contribution in [-0.4, -0.2) is 26.7 Å². The number of hydrogen-bond donors (Lipinski definition) is 1. The lowest BCUT2D eigenvalue weighted by molar-refractivity contribution is -0.385. The van der Waals surface area contributed by atoms with Crippen molar-refractivity contribution in [1.29, 1.82) is 0 Å². The topological polar surface area (TPSA) is 114 Å². The molecule has 0 saturated carbocycles. The third-order valence-corrected chi connectivity index (χ3v) is 5.32. The number of aliphatic hydroxyl groups excluding tert-OH is 1. The minimum atomic E-state index is -1.18. The highest BCUT2D eigenvalue weighted by Gasteiger charge is 2.49. The SMILES string of the molecule is O=C1C(=O)N(c2nccs2)[C@H](c2ccccc2[N+](=O)[O-])C1=C(O)c1ccccc1. The van der Waals surface area contributed by atoms with Crippen molar-refractivity contribution in [2.24, 2.45) is 0 Å². The molecule has 1 saturated heterocycles. The van der Waals surface area contributed by atoms with E-state index in [2.05, 4.69) is 4.98 Å². The van der Waals surface area contributed by atoms with E-state index in [4.69, 9.17) is 0 Å². The van der Waals surface area contributed by atoms with Crippen LogP contribution in [0.2, 0.25) is 0 Å². The van der Waals surface area contributed by atoms with Crippen LogP contribution in [0, 0.1) is 10.1 Å². The number of aromatic nitrogens is 1. The number of Topliss-reactive ketones (excluding diaryl/α,β-unsaturated/α-hetero) is 1. The fourth-order valence-corrected chi connectivity index (χ4v) is 3.96. The molecule has 1 fully saturated rings. The van der Waals surface area contributed by atoms with Crippen LogP contribution in [0.4, 0.5) is 10.8 Å². The monoisotopic (exact) mass is 407 g/mol. The van der Waals surface area contributed by atoms with Crippen molar-refractivity contribution in [2.75, 3.05) is 4.90 Å². The molecule has 1 N–H and O–H groups in total. The van der Waals surface area contributed by atoms with Crippen LogP contribution in [0.5, 0.6) is 0 Å². The van der Waals surface area contributed by atoms with Gasteiger partial charge in [-0.15, -0.1) is 11.3 Å². The third kappa shape index (κ3) is 3.07. The quantitative estimate of drug-likeness (QED) is 0.232. The number of aliphatic hydroxyl groups is 1. The molecule has 0 aliphatic carbocycles. The van der Waals surface area contributed by atoms with E-state index in [-0.39, 0.29) is 22.0 Å². The largest absolute Gasteiger partial charge is 0.507 e. The molecule has 29 heavy (non-hydrogen) atoms. The van der Waals surface area contributed by atoms with Crippen molar-refractivity contribution in [3.8, 4) is 0 Å². The van der Waals surface area contributed by atoms with Gasteiger partial charge in [0.2, 0.25) is 0 Å². The summed E-state index contributed by atoms with van der Waals surface area (Å²) in [4.78, 5) is 42.0. The zero-order valence-electron chi connectivity index (χ0n) is 14.8. The second-order valence-electron chi connectivity index (χ2n) is 6.17. The van der Waals surface area contributed by atoms with Crippen molar-refractivity contribution in [2.45, 2.75) is 6.04 Å². The summed E-state index contributed by atoms with van der Waals surface area (Å²) in [5.74, 6) is -2.23. The summed E-state index contributed by atoms with van der Waals surface area (Å²) < 4.78 is 0. The normalized spacial score (nSPS) is 18.2. The van der Waals surface area contributed by atoms with Crippen molar-refractivity contribution in [3.05, 3.63) is 93.0 Å². The third-order valence-electron chi connectivity index (χ3n) is 4.55. The first-order valence-corrected chi connectivity index (χ1v) is 9.38. The van der Waals surface area contributed by atoms with Gasteiger partial charge in [0.05, 0.1) is 16.1 Å². The lowest BCUT2D eigenvalue weighted by Gasteiger charge is -2.22. The van der Waals surface area contributed by atoms with Gasteiger partial charge in [-0.2, -0.15) is 0 Å². The lowest BCUT2D eigenvalue weighted by atomic mass is 9.94. The highest BCUT2D eigenvalue weighted by molar-refractivity contribution is 7.14. The molecule has 2 heterocycles. The van der Waals surface area contributed by atoms with E-state index in [9.17, 15) is 24.8 Å². The van der Waals surface area contributed by atoms with Gasteiger partial charge in [-0.3, -0.25) is 24.6 Å². The number of hydrogen-bond acceptors (Lipinski definition) is 7. The van der Waals surface area contributed by atoms with E-state index in [0.717, 1.165) is 16.2 Å². The van der Waals surface area contributed by atoms with E-state index in [1.165, 1.54) is 24.4 Å². The second kappa shape index (κ2) is 7.28. The highest BCUT2D eigenvalue weighted by atomic mass is 32.1. The number of carbonyl (C=O) groups is 2. The van der Waals surface area contributed by atoms with E-state index >= 15 is 0 Å². The molecule has 1 aromatic heterocycles. The molecule has 1 aliphatic rings. The molecule has 144 valence electrons. The van der Waals surface area contributed by atoms with Crippen molar-refractivity contribution < 1.29 is 19.6 Å². The standard InChI is InChI=1S/C20H13N3O5S/c24-17(12-6-2-1-3-7-12)15-16(13-8-4-5-9-14(13)23(27)28)22(19(26)18(15)25)20-21-10-11-29-20/h1-11,16,24H/t16-/m1/s1. The Morgan fingerprint density at radius 2 is 1.79 bits per heavy atom. The Morgan fingerprint density at radius 1 is 1.10 bits per heavy atom. The molecule has 2 aromatic carbocycles. The van der Waals surface area contributed by atoms with Crippen LogP contribution in [0.3, 0.4) is 0 Å². The molecule has 4 rings (SSSR count). The van der Waals surface area contributed by atoms with Gasteiger partial charge in [0.25, 0.3) is 11.5 Å². The Bertz CT molecular complexity index is 1140. The first kappa shape index (κ1) is 18.5. The molecule has 9 heteroatoms. The number of benzene rings is 2. The maximum Gasteiger partial charge on any atom is 0.301 e. The van der Waals surface area contributed by atoms with Crippen LogP contribution in [0.15, 0.2) is 71.7 Å². The summed E-state index contributed by atoms with van der Waals surface area (Å²) in [7, 11) is 0. The van der Waals surface area contributed by atoms with Gasteiger partial charge >= 0.3 is 5.91 Å². The number of nitrogens with zero attached hydrogens (tertiary/aromatic N) is 3. The van der Waals surface area contributed by atoms with Gasteiger partial charge in [0.1, 0.15) is 11.8 Å². The zero-order chi connectivity index (χ0) is 20.5. The maximum absolute atomic E-state index is 12.9. The number of ketones is 1. The smallest absolute Gasteiger partial charge is 0.301 e. The van der Waals surface area contributed by atoms with E-state index in [1.54, 1.807) is 41.8 Å². The van der Waals surface area contributed by atoms with Gasteiger partial charge < -0.3 is 5.11 Å². The molecule has 3 aromatic rings. The number of nitro benzene ring substituents is 1. The second-order valence-corrected chi connectivity index (χ2v) is 7.04. The molecule has 0 unspecified atom stereocenters. The minimum absolute atomic E-state index is 0.115. The summed E-state index contributed by atoms with van der Waals surface area (Å²) in [5, 5.41) is 24.3. The molecule has 0 radical (unpaired) electrons. The van der Waals surface area contributed by atoms with Gasteiger partial charge in [0, 0.05) is 23.2 Å². The molecule has 1 amide bonds. The Morgan fingerprint density at radius 3 is 2.45 bits per heavy atom. The number of para-hydroxylation sites is 1. The Hall–Kier alpha value is -3.85. The van der Waals surface area contributed by atoms with Gasteiger partial charge in [-0.05, 0) is 6.07 Å². The number of carbonyl (C=O) groups excluding carboxylic acids is 2. The summed E-state index contributed by atoms with van der Waals surface area (Å²) in [6, 6.07) is 12.9. The van der Waals surface area contributed by atoms with Crippen LogP contribution >= 0.6 is 11.3 Å². The van der Waals surface area contributed by atoms with E-state index in [1.807, 2.05) is 0 Å². The predicted molar refractivity (Wildman–Crippen MR) is 106 cm³/mol. The fourth-order valence-electron chi connectivity index (χ4n) is 3.30. The zero-order valence-corrected chi connectivity index (χ0v) is 15.6. The Balaban J connectivity index is 2.01. The first-order valence-electron chi connectivity index (χ1n) is 8.50. The average Bonchev–Trinajstić information content (AvgIpc) is 3.35.